The summed E-state index contributed by atoms with van der Waals surface area (Å²) in [6.07, 6.45) is 1.70. The molecule has 0 aliphatic carbocycles. The van der Waals surface area contributed by atoms with Gasteiger partial charge in [0.1, 0.15) is 11.5 Å². The monoisotopic (exact) mass is 380 g/mol. The fourth-order valence-corrected chi connectivity index (χ4v) is 3.52. The van der Waals surface area contributed by atoms with Crippen LogP contribution in [-0.2, 0) is 4.79 Å². The van der Waals surface area contributed by atoms with Crippen LogP contribution in [0.2, 0.25) is 5.02 Å². The molecule has 0 spiro atoms. The zero-order valence-corrected chi connectivity index (χ0v) is 15.1. The predicted molar refractivity (Wildman–Crippen MR) is 106 cm³/mol. The molecule has 2 aromatic carbocycles. The third kappa shape index (κ3) is 3.59. The minimum Gasteiger partial charge on any atom is -0.457 e. The lowest BCUT2D eigenvalue weighted by atomic mass is 10.2. The van der Waals surface area contributed by atoms with Gasteiger partial charge in [0.15, 0.2) is 5.17 Å². The number of carbonyl (C=O) groups excluding carboxylic acids is 1. The van der Waals surface area contributed by atoms with Gasteiger partial charge in [-0.3, -0.25) is 4.79 Å². The molecule has 1 aliphatic rings. The Bertz CT molecular complexity index is 1030. The summed E-state index contributed by atoms with van der Waals surface area (Å²) in [4.78, 5) is 17.1. The predicted octanol–water partition coefficient (Wildman–Crippen LogP) is 5.49. The van der Waals surface area contributed by atoms with E-state index < -0.39 is 0 Å². The zero-order valence-electron chi connectivity index (χ0n) is 13.5. The van der Waals surface area contributed by atoms with Crippen molar-refractivity contribution in [1.82, 2.24) is 5.32 Å². The van der Waals surface area contributed by atoms with Crippen molar-refractivity contribution < 1.29 is 9.21 Å². The van der Waals surface area contributed by atoms with E-state index in [0.717, 1.165) is 11.3 Å². The van der Waals surface area contributed by atoms with Crippen LogP contribution in [0.4, 0.5) is 5.69 Å². The Hall–Kier alpha value is -2.76. The van der Waals surface area contributed by atoms with Crippen LogP contribution in [0, 0.1) is 0 Å². The van der Waals surface area contributed by atoms with Gasteiger partial charge in [-0.1, -0.05) is 41.9 Å². The number of hydrogen-bond donors (Lipinski definition) is 1. The highest BCUT2D eigenvalue weighted by Gasteiger charge is 2.24. The molecule has 0 unspecified atom stereocenters. The van der Waals surface area contributed by atoms with Gasteiger partial charge in [0, 0.05) is 11.6 Å². The van der Waals surface area contributed by atoms with Crippen molar-refractivity contribution in [2.24, 2.45) is 4.99 Å². The Morgan fingerprint density at radius 1 is 1.00 bits per heavy atom. The highest BCUT2D eigenvalue weighted by Crippen LogP contribution is 2.32. The fourth-order valence-electron chi connectivity index (χ4n) is 2.47. The number of nitrogens with zero attached hydrogens (tertiary/aromatic N) is 1. The molecule has 1 amide bonds. The first-order chi connectivity index (χ1) is 12.7. The van der Waals surface area contributed by atoms with Gasteiger partial charge in [0.25, 0.3) is 5.91 Å². The first-order valence-corrected chi connectivity index (χ1v) is 9.08. The first kappa shape index (κ1) is 16.7. The molecule has 2 heterocycles. The quantitative estimate of drug-likeness (QED) is 0.611. The molecule has 0 saturated carbocycles. The van der Waals surface area contributed by atoms with Crippen molar-refractivity contribution in [3.05, 3.63) is 82.4 Å². The molecule has 3 aromatic rings. The number of furan rings is 1. The van der Waals surface area contributed by atoms with Gasteiger partial charge in [-0.2, -0.15) is 0 Å². The lowest BCUT2D eigenvalue weighted by Crippen LogP contribution is -2.19. The number of aliphatic imine (C=N–C) groups is 1. The van der Waals surface area contributed by atoms with E-state index >= 15 is 0 Å². The van der Waals surface area contributed by atoms with E-state index in [4.69, 9.17) is 16.0 Å². The summed E-state index contributed by atoms with van der Waals surface area (Å²) >= 11 is 7.48. The van der Waals surface area contributed by atoms with E-state index in [1.807, 2.05) is 66.7 Å². The fraction of sp³-hybridized carbons (Fsp3) is 0. The van der Waals surface area contributed by atoms with Crippen molar-refractivity contribution in [2.45, 2.75) is 0 Å². The molecule has 1 saturated heterocycles. The second-order valence-electron chi connectivity index (χ2n) is 5.50. The number of thioether (sulfide) groups is 1. The summed E-state index contributed by atoms with van der Waals surface area (Å²) < 4.78 is 5.82. The number of nitrogens with one attached hydrogen (secondary N) is 1. The molecule has 6 heteroatoms. The second kappa shape index (κ2) is 7.23. The van der Waals surface area contributed by atoms with Crippen LogP contribution < -0.4 is 5.32 Å². The van der Waals surface area contributed by atoms with Crippen molar-refractivity contribution in [3.8, 4) is 11.3 Å². The third-order valence-electron chi connectivity index (χ3n) is 3.68. The van der Waals surface area contributed by atoms with Gasteiger partial charge in [-0.25, -0.2) is 4.99 Å². The topological polar surface area (TPSA) is 54.6 Å². The van der Waals surface area contributed by atoms with Crippen LogP contribution in [0.5, 0.6) is 0 Å². The van der Waals surface area contributed by atoms with Crippen LogP contribution >= 0.6 is 23.4 Å². The summed E-state index contributed by atoms with van der Waals surface area (Å²) in [6.45, 7) is 0. The minimum atomic E-state index is -0.194. The number of benzene rings is 2. The van der Waals surface area contributed by atoms with Gasteiger partial charge >= 0.3 is 0 Å². The van der Waals surface area contributed by atoms with Gasteiger partial charge in [-0.15, -0.1) is 0 Å². The number of halogens is 1. The third-order valence-corrected chi connectivity index (χ3v) is 4.92. The van der Waals surface area contributed by atoms with E-state index in [2.05, 4.69) is 10.3 Å². The SMILES string of the molecule is O=C1NC(=Nc2ccccc2)S/C1=C/c1ccc(-c2ccccc2Cl)o1. The Balaban J connectivity index is 1.57. The van der Waals surface area contributed by atoms with Gasteiger partial charge < -0.3 is 9.73 Å². The minimum absolute atomic E-state index is 0.194. The molecule has 0 bridgehead atoms. The van der Waals surface area contributed by atoms with Crippen LogP contribution in [0.15, 0.2) is 81.0 Å². The van der Waals surface area contributed by atoms with Gasteiger partial charge in [-0.05, 0) is 48.2 Å². The van der Waals surface area contributed by atoms with E-state index in [9.17, 15) is 4.79 Å². The number of rotatable bonds is 3. The molecular weight excluding hydrogens is 368 g/mol. The van der Waals surface area contributed by atoms with Crippen molar-refractivity contribution in [3.63, 3.8) is 0 Å². The van der Waals surface area contributed by atoms with E-state index in [1.165, 1.54) is 11.8 Å². The molecule has 0 radical (unpaired) electrons. The highest BCUT2D eigenvalue weighted by molar-refractivity contribution is 8.18. The van der Waals surface area contributed by atoms with Crippen LogP contribution in [0.25, 0.3) is 17.4 Å². The summed E-state index contributed by atoms with van der Waals surface area (Å²) in [5.41, 5.74) is 1.60. The average molecular weight is 381 g/mol. The zero-order chi connectivity index (χ0) is 17.9. The highest BCUT2D eigenvalue weighted by atomic mass is 35.5. The molecule has 1 fully saturated rings. The number of amidine groups is 1. The van der Waals surface area contributed by atoms with E-state index in [0.29, 0.717) is 26.6 Å². The van der Waals surface area contributed by atoms with Crippen molar-refractivity contribution in [2.75, 3.05) is 0 Å². The number of carbonyl (C=O) groups is 1. The molecule has 0 atom stereocenters. The summed E-state index contributed by atoms with van der Waals surface area (Å²) in [5.74, 6) is 1.04. The molecule has 1 N–H and O–H groups in total. The molecule has 4 nitrogen and oxygen atoms in total. The average Bonchev–Trinajstić information content (AvgIpc) is 3.23. The smallest absolute Gasteiger partial charge is 0.264 e. The maximum atomic E-state index is 12.2. The van der Waals surface area contributed by atoms with Crippen LogP contribution in [0.1, 0.15) is 5.76 Å². The summed E-state index contributed by atoms with van der Waals surface area (Å²) in [7, 11) is 0. The van der Waals surface area contributed by atoms with Crippen molar-refractivity contribution >= 4 is 46.2 Å². The van der Waals surface area contributed by atoms with Crippen LogP contribution in [-0.4, -0.2) is 11.1 Å². The Kier molecular flexibility index (Phi) is 4.65. The number of amides is 1. The van der Waals surface area contributed by atoms with E-state index in [-0.39, 0.29) is 5.91 Å². The lowest BCUT2D eigenvalue weighted by Gasteiger charge is -1.99. The Morgan fingerprint density at radius 3 is 2.58 bits per heavy atom. The largest absolute Gasteiger partial charge is 0.457 e. The second-order valence-corrected chi connectivity index (χ2v) is 6.94. The number of para-hydroxylation sites is 1. The Morgan fingerprint density at radius 2 is 1.77 bits per heavy atom. The normalized spacial score (nSPS) is 17.0. The molecule has 128 valence electrons. The molecule has 1 aliphatic heterocycles. The standard InChI is InChI=1S/C20H13ClN2O2S/c21-16-9-5-4-8-15(16)17-11-10-14(25-17)12-18-19(24)23-20(26-18)22-13-6-2-1-3-7-13/h1-12H,(H,22,23,24)/b18-12+. The molecule has 26 heavy (non-hydrogen) atoms. The van der Waals surface area contributed by atoms with Crippen molar-refractivity contribution in [1.29, 1.82) is 0 Å². The van der Waals surface area contributed by atoms with E-state index in [1.54, 1.807) is 6.08 Å². The Labute approximate surface area is 159 Å². The van der Waals surface area contributed by atoms with Gasteiger partial charge in [0.05, 0.1) is 15.6 Å². The maximum absolute atomic E-state index is 12.2. The first-order valence-electron chi connectivity index (χ1n) is 7.88. The maximum Gasteiger partial charge on any atom is 0.264 e. The summed E-state index contributed by atoms with van der Waals surface area (Å²) in [5, 5.41) is 3.93. The summed E-state index contributed by atoms with van der Waals surface area (Å²) in [6, 6.07) is 20.6. The lowest BCUT2D eigenvalue weighted by molar-refractivity contribution is -0.115. The molecule has 1 aromatic heterocycles. The molecular formula is C20H13ClN2O2S. The molecule has 4 rings (SSSR count). The van der Waals surface area contributed by atoms with Gasteiger partial charge in [0.2, 0.25) is 0 Å². The number of hydrogen-bond acceptors (Lipinski definition) is 4. The van der Waals surface area contributed by atoms with Crippen LogP contribution in [0.3, 0.4) is 0 Å².